The number of hydrogen-bond acceptors (Lipinski definition) is 6. The normalized spacial score (nSPS) is 10.7. The van der Waals surface area contributed by atoms with Crippen LogP contribution in [0.5, 0.6) is 11.5 Å². The lowest BCUT2D eigenvalue weighted by molar-refractivity contribution is -0.384. The second kappa shape index (κ2) is 9.57. The second-order valence-electron chi connectivity index (χ2n) is 5.97. The molecule has 0 aliphatic carbocycles. The van der Waals surface area contributed by atoms with Gasteiger partial charge in [0.1, 0.15) is 6.61 Å². The van der Waals surface area contributed by atoms with E-state index in [9.17, 15) is 10.1 Å². The van der Waals surface area contributed by atoms with Crippen LogP contribution < -0.4 is 14.9 Å². The first-order valence-electron chi connectivity index (χ1n) is 8.64. The van der Waals surface area contributed by atoms with Gasteiger partial charge in [-0.15, -0.1) is 0 Å². The van der Waals surface area contributed by atoms with E-state index < -0.39 is 4.92 Å². The number of hydrazone groups is 1. The van der Waals surface area contributed by atoms with Crippen LogP contribution in [0.1, 0.15) is 11.1 Å². The number of ether oxygens (including phenoxy) is 2. The minimum absolute atomic E-state index is 0.0187. The van der Waals surface area contributed by atoms with Gasteiger partial charge < -0.3 is 9.47 Å². The lowest BCUT2D eigenvalue weighted by Gasteiger charge is -2.13. The van der Waals surface area contributed by atoms with Gasteiger partial charge in [0.15, 0.2) is 11.5 Å². The summed E-state index contributed by atoms with van der Waals surface area (Å²) in [6, 6.07) is 18.9. The van der Waals surface area contributed by atoms with E-state index in [0.717, 1.165) is 5.56 Å². The fraction of sp³-hybridized carbons (Fsp3) is 0.0952. The molecule has 0 bridgehead atoms. The van der Waals surface area contributed by atoms with E-state index in [2.05, 4.69) is 10.5 Å². The highest BCUT2D eigenvalue weighted by molar-refractivity contribution is 6.30. The first-order valence-corrected chi connectivity index (χ1v) is 9.02. The Morgan fingerprint density at radius 2 is 1.83 bits per heavy atom. The molecule has 0 heterocycles. The molecule has 8 heteroatoms. The summed E-state index contributed by atoms with van der Waals surface area (Å²) < 4.78 is 11.4. The van der Waals surface area contributed by atoms with Gasteiger partial charge in [0.2, 0.25) is 0 Å². The Labute approximate surface area is 172 Å². The quantitative estimate of drug-likeness (QED) is 0.309. The molecule has 0 radical (unpaired) electrons. The monoisotopic (exact) mass is 411 g/mol. The van der Waals surface area contributed by atoms with Gasteiger partial charge in [-0.3, -0.25) is 15.5 Å². The summed E-state index contributed by atoms with van der Waals surface area (Å²) in [4.78, 5) is 10.3. The molecule has 0 fully saturated rings. The van der Waals surface area contributed by atoms with Gasteiger partial charge in [-0.25, -0.2) is 0 Å². The number of benzene rings is 3. The number of rotatable bonds is 8. The summed E-state index contributed by atoms with van der Waals surface area (Å²) in [5, 5.41) is 15.6. The molecule has 0 aliphatic rings. The number of nitrogens with one attached hydrogen (secondary N) is 1. The van der Waals surface area contributed by atoms with Crippen molar-refractivity contribution in [1.82, 2.24) is 0 Å². The van der Waals surface area contributed by atoms with Crippen molar-refractivity contribution in [2.75, 3.05) is 12.5 Å². The minimum Gasteiger partial charge on any atom is -0.493 e. The van der Waals surface area contributed by atoms with Crippen LogP contribution in [0.15, 0.2) is 71.8 Å². The van der Waals surface area contributed by atoms with Crippen LogP contribution in [-0.2, 0) is 6.61 Å². The fourth-order valence-electron chi connectivity index (χ4n) is 2.52. The summed E-state index contributed by atoms with van der Waals surface area (Å²) in [5.74, 6) is 1.14. The third-order valence-electron chi connectivity index (χ3n) is 4.00. The first-order chi connectivity index (χ1) is 14.1. The number of nitrogens with zero attached hydrogens (tertiary/aromatic N) is 2. The van der Waals surface area contributed by atoms with E-state index in [1.165, 1.54) is 12.1 Å². The fourth-order valence-corrected chi connectivity index (χ4v) is 2.65. The van der Waals surface area contributed by atoms with Crippen molar-refractivity contribution >= 4 is 29.2 Å². The van der Waals surface area contributed by atoms with Crippen molar-refractivity contribution < 1.29 is 14.4 Å². The number of halogens is 1. The predicted molar refractivity (Wildman–Crippen MR) is 113 cm³/mol. The molecule has 7 nitrogen and oxygen atoms in total. The molecule has 1 N–H and O–H groups in total. The van der Waals surface area contributed by atoms with Gasteiger partial charge in [0.05, 0.1) is 23.9 Å². The zero-order chi connectivity index (χ0) is 20.6. The molecule has 3 rings (SSSR count). The summed E-state index contributed by atoms with van der Waals surface area (Å²) in [6.07, 6.45) is 1.60. The first kappa shape index (κ1) is 20.2. The van der Waals surface area contributed by atoms with Crippen molar-refractivity contribution in [1.29, 1.82) is 0 Å². The van der Waals surface area contributed by atoms with E-state index in [1.54, 1.807) is 43.7 Å². The smallest absolute Gasteiger partial charge is 0.269 e. The Hall–Kier alpha value is -3.58. The lowest BCUT2D eigenvalue weighted by Crippen LogP contribution is -2.01. The van der Waals surface area contributed by atoms with Crippen LogP contribution in [-0.4, -0.2) is 18.2 Å². The van der Waals surface area contributed by atoms with E-state index in [-0.39, 0.29) is 5.69 Å². The largest absolute Gasteiger partial charge is 0.493 e. The summed E-state index contributed by atoms with van der Waals surface area (Å²) >= 11 is 5.92. The van der Waals surface area contributed by atoms with Crippen LogP contribution in [0.25, 0.3) is 0 Å². The highest BCUT2D eigenvalue weighted by Crippen LogP contribution is 2.31. The molecule has 148 valence electrons. The number of nitro benzene ring substituents is 1. The third kappa shape index (κ3) is 5.46. The Morgan fingerprint density at radius 1 is 1.10 bits per heavy atom. The molecule has 3 aromatic carbocycles. The van der Waals surface area contributed by atoms with Gasteiger partial charge in [0.25, 0.3) is 5.69 Å². The van der Waals surface area contributed by atoms with Gasteiger partial charge in [0, 0.05) is 22.7 Å². The number of non-ortho nitro benzene ring substituents is 1. The van der Waals surface area contributed by atoms with E-state index in [1.807, 2.05) is 24.3 Å². The highest BCUT2D eigenvalue weighted by atomic mass is 35.5. The van der Waals surface area contributed by atoms with E-state index in [0.29, 0.717) is 34.4 Å². The Balaban J connectivity index is 1.73. The number of hydrogen-bond donors (Lipinski definition) is 1. The van der Waals surface area contributed by atoms with Crippen molar-refractivity contribution in [2.24, 2.45) is 5.10 Å². The Bertz CT molecular complexity index is 1010. The zero-order valence-corrected chi connectivity index (χ0v) is 16.3. The van der Waals surface area contributed by atoms with E-state index >= 15 is 0 Å². The molecular formula is C21H18ClN3O4. The standard InChI is InChI=1S/C21H18ClN3O4/c1-28-20-4-2-3-16(21(20)29-14-15-5-7-17(22)8-6-15)13-23-24-18-9-11-19(12-10-18)25(26)27/h2-13,24H,14H2,1H3/b23-13+. The summed E-state index contributed by atoms with van der Waals surface area (Å²) in [6.45, 7) is 0.341. The van der Waals surface area contributed by atoms with E-state index in [4.69, 9.17) is 21.1 Å². The van der Waals surface area contributed by atoms with Crippen LogP contribution >= 0.6 is 11.6 Å². The average molecular weight is 412 g/mol. The van der Waals surface area contributed by atoms with Crippen LogP contribution in [0.3, 0.4) is 0 Å². The number of nitro groups is 1. The molecule has 29 heavy (non-hydrogen) atoms. The van der Waals surface area contributed by atoms with Crippen molar-refractivity contribution in [3.05, 3.63) is 93.0 Å². The Morgan fingerprint density at radius 3 is 2.48 bits per heavy atom. The molecule has 3 aromatic rings. The minimum atomic E-state index is -0.451. The average Bonchev–Trinajstić information content (AvgIpc) is 2.74. The molecule has 0 aromatic heterocycles. The number of para-hydroxylation sites is 1. The van der Waals surface area contributed by atoms with Gasteiger partial charge in [-0.2, -0.15) is 5.10 Å². The molecule has 0 aliphatic heterocycles. The SMILES string of the molecule is COc1cccc(/C=N/Nc2ccc([N+](=O)[O-])cc2)c1OCc1ccc(Cl)cc1. The topological polar surface area (TPSA) is 86.0 Å². The molecular weight excluding hydrogens is 394 g/mol. The van der Waals surface area contributed by atoms with Crippen LogP contribution in [0.2, 0.25) is 5.02 Å². The lowest BCUT2D eigenvalue weighted by atomic mass is 10.2. The molecule has 0 saturated heterocycles. The third-order valence-corrected chi connectivity index (χ3v) is 4.25. The molecule has 0 unspecified atom stereocenters. The highest BCUT2D eigenvalue weighted by Gasteiger charge is 2.10. The Kier molecular flexibility index (Phi) is 6.65. The van der Waals surface area contributed by atoms with Crippen LogP contribution in [0.4, 0.5) is 11.4 Å². The predicted octanol–water partition coefficient (Wildman–Crippen LogP) is 5.28. The van der Waals surface area contributed by atoms with Gasteiger partial charge in [-0.1, -0.05) is 29.8 Å². The van der Waals surface area contributed by atoms with Gasteiger partial charge >= 0.3 is 0 Å². The zero-order valence-electron chi connectivity index (χ0n) is 15.5. The van der Waals surface area contributed by atoms with Gasteiger partial charge in [-0.05, 0) is 42.0 Å². The second-order valence-corrected chi connectivity index (χ2v) is 6.40. The number of anilines is 1. The summed E-state index contributed by atoms with van der Waals surface area (Å²) in [7, 11) is 1.57. The van der Waals surface area contributed by atoms with Crippen molar-refractivity contribution in [2.45, 2.75) is 6.61 Å². The number of methoxy groups -OCH3 is 1. The van der Waals surface area contributed by atoms with Crippen molar-refractivity contribution in [3.8, 4) is 11.5 Å². The van der Waals surface area contributed by atoms with Crippen molar-refractivity contribution in [3.63, 3.8) is 0 Å². The molecule has 0 atom stereocenters. The summed E-state index contributed by atoms with van der Waals surface area (Å²) in [5.41, 5.74) is 5.16. The maximum Gasteiger partial charge on any atom is 0.269 e. The van der Waals surface area contributed by atoms with Crippen LogP contribution in [0, 0.1) is 10.1 Å². The maximum atomic E-state index is 10.7. The molecule has 0 amide bonds. The molecule has 0 saturated carbocycles. The molecule has 0 spiro atoms. The maximum absolute atomic E-state index is 10.7.